The molecule has 1 atom stereocenters. The van der Waals surface area contributed by atoms with Crippen LogP contribution in [-0.4, -0.2) is 52.8 Å². The molecule has 0 bridgehead atoms. The summed E-state index contributed by atoms with van der Waals surface area (Å²) in [5.41, 5.74) is 3.10. The fourth-order valence-electron chi connectivity index (χ4n) is 3.80. The second-order valence-electron chi connectivity index (χ2n) is 6.49. The zero-order valence-corrected chi connectivity index (χ0v) is 13.6. The number of carbonyl (C=O) groups excluding carboxylic acids is 2. The number of amides is 2. The molecule has 1 aromatic heterocycles. The van der Waals surface area contributed by atoms with Crippen LogP contribution >= 0.6 is 0 Å². The van der Waals surface area contributed by atoms with Crippen molar-refractivity contribution in [2.24, 2.45) is 0 Å². The average molecular weight is 323 g/mol. The van der Waals surface area contributed by atoms with Crippen LogP contribution in [0.5, 0.6) is 0 Å². The molecule has 2 aliphatic rings. The Labute approximate surface area is 141 Å². The van der Waals surface area contributed by atoms with Crippen LogP contribution in [0.2, 0.25) is 0 Å². The predicted molar refractivity (Wildman–Crippen MR) is 90.8 cm³/mol. The Morgan fingerprint density at radius 3 is 2.46 bits per heavy atom. The summed E-state index contributed by atoms with van der Waals surface area (Å²) < 4.78 is 0. The van der Waals surface area contributed by atoms with E-state index in [4.69, 9.17) is 0 Å². The molecule has 1 N–H and O–H groups in total. The molecular weight excluding hydrogens is 302 g/mol. The van der Waals surface area contributed by atoms with Gasteiger partial charge in [-0.2, -0.15) is 0 Å². The van der Waals surface area contributed by atoms with E-state index in [1.54, 1.807) is 12.3 Å². The standard InChI is InChI=1S/C19H21N3O2/c23-18(16-8-7-14-4-1-2-5-15(14)16)21-10-12-22(13-11-21)19(24)17-6-3-9-20-17/h1-6,9,16,20H,7-8,10-13H2. The van der Waals surface area contributed by atoms with Crippen molar-refractivity contribution in [3.8, 4) is 0 Å². The van der Waals surface area contributed by atoms with Crippen molar-refractivity contribution in [2.75, 3.05) is 26.2 Å². The molecule has 1 aliphatic heterocycles. The largest absolute Gasteiger partial charge is 0.357 e. The first kappa shape index (κ1) is 15.0. The van der Waals surface area contributed by atoms with Crippen molar-refractivity contribution in [3.63, 3.8) is 0 Å². The van der Waals surface area contributed by atoms with Gasteiger partial charge in [-0.1, -0.05) is 24.3 Å². The van der Waals surface area contributed by atoms with Gasteiger partial charge in [0, 0.05) is 32.4 Å². The number of hydrogen-bond donors (Lipinski definition) is 1. The van der Waals surface area contributed by atoms with E-state index in [9.17, 15) is 9.59 Å². The van der Waals surface area contributed by atoms with Crippen molar-refractivity contribution < 1.29 is 9.59 Å². The Morgan fingerprint density at radius 2 is 1.71 bits per heavy atom. The van der Waals surface area contributed by atoms with E-state index in [1.165, 1.54) is 11.1 Å². The quantitative estimate of drug-likeness (QED) is 0.919. The van der Waals surface area contributed by atoms with Gasteiger partial charge in [0.25, 0.3) is 5.91 Å². The summed E-state index contributed by atoms with van der Waals surface area (Å²) in [6.45, 7) is 2.42. The highest BCUT2D eigenvalue weighted by molar-refractivity contribution is 5.92. The number of piperazine rings is 1. The predicted octanol–water partition coefficient (Wildman–Crippen LogP) is 2.03. The monoisotopic (exact) mass is 323 g/mol. The van der Waals surface area contributed by atoms with Gasteiger partial charge in [-0.05, 0) is 36.1 Å². The number of aromatic amines is 1. The Morgan fingerprint density at radius 1 is 0.958 bits per heavy atom. The molecule has 0 saturated carbocycles. The second kappa shape index (κ2) is 6.15. The zero-order chi connectivity index (χ0) is 16.5. The molecule has 1 saturated heterocycles. The van der Waals surface area contributed by atoms with Gasteiger partial charge in [-0.25, -0.2) is 0 Å². The summed E-state index contributed by atoms with van der Waals surface area (Å²) in [6.07, 6.45) is 3.64. The third-order valence-corrected chi connectivity index (χ3v) is 5.14. The van der Waals surface area contributed by atoms with Crippen molar-refractivity contribution in [1.82, 2.24) is 14.8 Å². The van der Waals surface area contributed by atoms with Crippen molar-refractivity contribution in [1.29, 1.82) is 0 Å². The van der Waals surface area contributed by atoms with E-state index < -0.39 is 0 Å². The fraction of sp³-hybridized carbons (Fsp3) is 0.368. The zero-order valence-electron chi connectivity index (χ0n) is 13.6. The number of fused-ring (bicyclic) bond motifs is 1. The van der Waals surface area contributed by atoms with Gasteiger partial charge in [0.1, 0.15) is 5.69 Å². The Hall–Kier alpha value is -2.56. The first-order valence-electron chi connectivity index (χ1n) is 8.53. The molecule has 0 radical (unpaired) electrons. The minimum atomic E-state index is -0.00754. The molecule has 1 aliphatic carbocycles. The number of rotatable bonds is 2. The van der Waals surface area contributed by atoms with Gasteiger partial charge in [0.2, 0.25) is 5.91 Å². The number of carbonyl (C=O) groups is 2. The molecule has 124 valence electrons. The first-order chi connectivity index (χ1) is 11.7. The van der Waals surface area contributed by atoms with E-state index in [0.717, 1.165) is 12.8 Å². The maximum atomic E-state index is 12.9. The normalized spacial score (nSPS) is 20.1. The molecule has 1 unspecified atom stereocenters. The Kier molecular flexibility index (Phi) is 3.84. The minimum Gasteiger partial charge on any atom is -0.357 e. The maximum Gasteiger partial charge on any atom is 0.270 e. The van der Waals surface area contributed by atoms with Gasteiger partial charge >= 0.3 is 0 Å². The van der Waals surface area contributed by atoms with Crippen LogP contribution in [0.1, 0.15) is 34.0 Å². The molecule has 2 aromatic rings. The summed E-state index contributed by atoms with van der Waals surface area (Å²) >= 11 is 0. The van der Waals surface area contributed by atoms with Crippen molar-refractivity contribution >= 4 is 11.8 Å². The Balaban J connectivity index is 1.40. The number of nitrogens with one attached hydrogen (secondary N) is 1. The number of H-pyrrole nitrogens is 1. The van der Waals surface area contributed by atoms with Gasteiger partial charge in [0.05, 0.1) is 5.92 Å². The molecule has 5 nitrogen and oxygen atoms in total. The van der Waals surface area contributed by atoms with E-state index in [1.807, 2.05) is 28.0 Å². The minimum absolute atomic E-state index is 0.00754. The molecule has 2 amide bonds. The molecular formula is C19H21N3O2. The molecule has 24 heavy (non-hydrogen) atoms. The second-order valence-corrected chi connectivity index (χ2v) is 6.49. The van der Waals surface area contributed by atoms with Crippen LogP contribution in [0.15, 0.2) is 42.6 Å². The van der Waals surface area contributed by atoms with E-state index in [-0.39, 0.29) is 17.7 Å². The third kappa shape index (κ3) is 2.60. The van der Waals surface area contributed by atoms with Crippen molar-refractivity contribution in [2.45, 2.75) is 18.8 Å². The number of benzene rings is 1. The topological polar surface area (TPSA) is 56.4 Å². The molecule has 1 fully saturated rings. The lowest BCUT2D eigenvalue weighted by atomic mass is 9.99. The molecule has 0 spiro atoms. The number of aryl methyl sites for hydroxylation is 1. The molecule has 2 heterocycles. The van der Waals surface area contributed by atoms with Gasteiger partial charge in [-0.3, -0.25) is 9.59 Å². The van der Waals surface area contributed by atoms with Crippen molar-refractivity contribution in [3.05, 3.63) is 59.4 Å². The fourth-order valence-corrected chi connectivity index (χ4v) is 3.80. The third-order valence-electron chi connectivity index (χ3n) is 5.14. The Bertz CT molecular complexity index is 746. The highest BCUT2D eigenvalue weighted by Gasteiger charge is 2.33. The van der Waals surface area contributed by atoms with E-state index in [2.05, 4.69) is 17.1 Å². The maximum absolute atomic E-state index is 12.9. The lowest BCUT2D eigenvalue weighted by Gasteiger charge is -2.36. The lowest BCUT2D eigenvalue weighted by Crippen LogP contribution is -2.51. The summed E-state index contributed by atoms with van der Waals surface area (Å²) in [5, 5.41) is 0. The molecule has 1 aromatic carbocycles. The summed E-state index contributed by atoms with van der Waals surface area (Å²) in [6, 6.07) is 11.9. The highest BCUT2D eigenvalue weighted by Crippen LogP contribution is 2.34. The summed E-state index contributed by atoms with van der Waals surface area (Å²) in [4.78, 5) is 31.9. The number of nitrogens with zero attached hydrogens (tertiary/aromatic N) is 2. The highest BCUT2D eigenvalue weighted by atomic mass is 16.2. The van der Waals surface area contributed by atoms with Gasteiger partial charge in [0.15, 0.2) is 0 Å². The van der Waals surface area contributed by atoms with Crippen LogP contribution in [0.25, 0.3) is 0 Å². The summed E-state index contributed by atoms with van der Waals surface area (Å²) in [5.74, 6) is 0.220. The van der Waals surface area contributed by atoms with E-state index in [0.29, 0.717) is 31.9 Å². The SMILES string of the molecule is O=C(c1ccc[nH]1)N1CCN(C(=O)C2CCc3ccccc32)CC1. The van der Waals surface area contributed by atoms with Crippen LogP contribution in [0, 0.1) is 0 Å². The average Bonchev–Trinajstić information content (AvgIpc) is 3.30. The van der Waals surface area contributed by atoms with E-state index >= 15 is 0 Å². The molecule has 5 heteroatoms. The smallest absolute Gasteiger partial charge is 0.270 e. The molecule has 4 rings (SSSR count). The first-order valence-corrected chi connectivity index (χ1v) is 8.53. The van der Waals surface area contributed by atoms with Gasteiger partial charge < -0.3 is 14.8 Å². The number of aromatic nitrogens is 1. The van der Waals surface area contributed by atoms with Crippen LogP contribution < -0.4 is 0 Å². The van der Waals surface area contributed by atoms with Crippen LogP contribution in [0.4, 0.5) is 0 Å². The van der Waals surface area contributed by atoms with Crippen LogP contribution in [-0.2, 0) is 11.2 Å². The van der Waals surface area contributed by atoms with Gasteiger partial charge in [-0.15, -0.1) is 0 Å². The van der Waals surface area contributed by atoms with Crippen LogP contribution in [0.3, 0.4) is 0 Å². The lowest BCUT2D eigenvalue weighted by molar-refractivity contribution is -0.134. The number of hydrogen-bond acceptors (Lipinski definition) is 2. The summed E-state index contributed by atoms with van der Waals surface area (Å²) in [7, 11) is 0.